The minimum Gasteiger partial charge on any atom is -0.352 e. The van der Waals surface area contributed by atoms with Gasteiger partial charge in [0.05, 0.1) is 0 Å². The van der Waals surface area contributed by atoms with E-state index in [0.717, 1.165) is 25.0 Å². The molecular formula is C18H29N3O. The van der Waals surface area contributed by atoms with Gasteiger partial charge in [-0.05, 0) is 51.0 Å². The Kier molecular flexibility index (Phi) is 5.19. The second-order valence-electron chi connectivity index (χ2n) is 7.03. The summed E-state index contributed by atoms with van der Waals surface area (Å²) in [5, 5.41) is 3.27. The van der Waals surface area contributed by atoms with Gasteiger partial charge in [-0.1, -0.05) is 31.4 Å². The number of hydrogen-bond donors (Lipinski definition) is 3. The van der Waals surface area contributed by atoms with E-state index in [1.807, 2.05) is 0 Å². The van der Waals surface area contributed by atoms with E-state index in [2.05, 4.69) is 41.3 Å². The highest BCUT2D eigenvalue weighted by atomic mass is 16.2. The van der Waals surface area contributed by atoms with Gasteiger partial charge >= 0.3 is 0 Å². The lowest BCUT2D eigenvalue weighted by Crippen LogP contribution is -2.50. The number of carbonyl (C=O) groups is 1. The van der Waals surface area contributed by atoms with Crippen molar-refractivity contribution in [1.82, 2.24) is 16.2 Å². The van der Waals surface area contributed by atoms with Gasteiger partial charge < -0.3 is 10.7 Å². The molecule has 2 fully saturated rings. The Morgan fingerprint density at radius 2 is 2.05 bits per heavy atom. The number of fused-ring (bicyclic) bond motifs is 1. The second-order valence-corrected chi connectivity index (χ2v) is 7.03. The molecule has 4 heteroatoms. The van der Waals surface area contributed by atoms with Crippen LogP contribution in [0.2, 0.25) is 0 Å². The van der Waals surface area contributed by atoms with Crippen LogP contribution in [0.25, 0.3) is 0 Å². The molecule has 3 atom stereocenters. The topological polar surface area (TPSA) is 53.2 Å². The fraction of sp³-hybridized carbons (Fsp3) is 0.722. The Bertz CT molecular complexity index is 451. The summed E-state index contributed by atoms with van der Waals surface area (Å²) in [4.78, 5) is 12.7. The molecule has 0 radical (unpaired) electrons. The second kappa shape index (κ2) is 7.32. The molecule has 0 spiro atoms. The fourth-order valence-corrected chi connectivity index (χ4v) is 4.06. The molecule has 0 aromatic heterocycles. The van der Waals surface area contributed by atoms with Gasteiger partial charge in [0.25, 0.3) is 0 Å². The minimum absolute atomic E-state index is 0.135. The quantitative estimate of drug-likeness (QED) is 0.751. The summed E-state index contributed by atoms with van der Waals surface area (Å²) < 4.78 is 0. The van der Waals surface area contributed by atoms with Crippen molar-refractivity contribution in [2.75, 3.05) is 0 Å². The largest absolute Gasteiger partial charge is 0.352 e. The third kappa shape index (κ3) is 3.54. The van der Waals surface area contributed by atoms with Crippen LogP contribution in [0.5, 0.6) is 0 Å². The molecule has 2 unspecified atom stereocenters. The van der Waals surface area contributed by atoms with Crippen molar-refractivity contribution in [2.24, 2.45) is 11.8 Å². The summed E-state index contributed by atoms with van der Waals surface area (Å²) in [6.07, 6.45) is 16.2. The van der Waals surface area contributed by atoms with E-state index in [1.165, 1.54) is 32.1 Å². The van der Waals surface area contributed by atoms with Gasteiger partial charge in [-0.3, -0.25) is 4.79 Å². The van der Waals surface area contributed by atoms with Crippen LogP contribution in [0.15, 0.2) is 23.9 Å². The van der Waals surface area contributed by atoms with Crippen LogP contribution in [0.4, 0.5) is 0 Å². The first kappa shape index (κ1) is 15.6. The number of amides is 1. The molecule has 1 heterocycles. The third-order valence-electron chi connectivity index (χ3n) is 5.48. The van der Waals surface area contributed by atoms with Gasteiger partial charge in [0.1, 0.15) is 6.04 Å². The minimum atomic E-state index is -0.135. The zero-order chi connectivity index (χ0) is 15.4. The Morgan fingerprint density at radius 1 is 1.23 bits per heavy atom. The normalized spacial score (nSPS) is 30.5. The van der Waals surface area contributed by atoms with Crippen LogP contribution in [0, 0.1) is 11.8 Å². The van der Waals surface area contributed by atoms with E-state index < -0.39 is 0 Å². The van der Waals surface area contributed by atoms with E-state index in [9.17, 15) is 4.79 Å². The van der Waals surface area contributed by atoms with Crippen molar-refractivity contribution in [1.29, 1.82) is 0 Å². The monoisotopic (exact) mass is 303 g/mol. The first-order valence-corrected chi connectivity index (χ1v) is 8.94. The van der Waals surface area contributed by atoms with Crippen molar-refractivity contribution in [3.8, 4) is 0 Å². The van der Waals surface area contributed by atoms with Crippen molar-refractivity contribution < 1.29 is 4.79 Å². The van der Waals surface area contributed by atoms with Crippen LogP contribution in [-0.4, -0.2) is 18.0 Å². The average molecular weight is 303 g/mol. The maximum atomic E-state index is 12.7. The van der Waals surface area contributed by atoms with Gasteiger partial charge in [0.2, 0.25) is 5.91 Å². The van der Waals surface area contributed by atoms with E-state index in [0.29, 0.717) is 5.92 Å². The summed E-state index contributed by atoms with van der Waals surface area (Å²) in [5.41, 5.74) is 7.56. The smallest absolute Gasteiger partial charge is 0.239 e. The molecule has 122 valence electrons. The summed E-state index contributed by atoms with van der Waals surface area (Å²) in [5.74, 6) is 1.09. The summed E-state index contributed by atoms with van der Waals surface area (Å²) in [7, 11) is 0. The number of carbonyl (C=O) groups excluding carboxylic acids is 1. The third-order valence-corrected chi connectivity index (χ3v) is 5.48. The van der Waals surface area contributed by atoms with Gasteiger partial charge in [-0.2, -0.15) is 0 Å². The van der Waals surface area contributed by atoms with E-state index in [4.69, 9.17) is 0 Å². The molecule has 1 amide bonds. The van der Waals surface area contributed by atoms with Gasteiger partial charge in [-0.15, -0.1) is 0 Å². The summed E-state index contributed by atoms with van der Waals surface area (Å²) in [6, 6.07) is 0.153. The molecule has 0 aromatic carbocycles. The number of hydrazine groups is 1. The SMILES string of the molecule is C[C@H](NC(=O)C1NNC2=CC=CCCCC21)C1CCCCC1. The van der Waals surface area contributed by atoms with Crippen molar-refractivity contribution in [3.63, 3.8) is 0 Å². The van der Waals surface area contributed by atoms with Crippen molar-refractivity contribution in [2.45, 2.75) is 70.4 Å². The lowest BCUT2D eigenvalue weighted by Gasteiger charge is -2.29. The molecule has 3 rings (SSSR count). The van der Waals surface area contributed by atoms with Gasteiger partial charge in [0, 0.05) is 17.7 Å². The van der Waals surface area contributed by atoms with Crippen LogP contribution in [-0.2, 0) is 4.79 Å². The Balaban J connectivity index is 1.59. The lowest BCUT2D eigenvalue weighted by atomic mass is 9.84. The van der Waals surface area contributed by atoms with Crippen LogP contribution >= 0.6 is 0 Å². The lowest BCUT2D eigenvalue weighted by molar-refractivity contribution is -0.124. The highest BCUT2D eigenvalue weighted by Gasteiger charge is 2.37. The number of nitrogens with one attached hydrogen (secondary N) is 3. The predicted molar refractivity (Wildman–Crippen MR) is 88.8 cm³/mol. The molecule has 3 aliphatic rings. The Hall–Kier alpha value is -1.29. The first-order chi connectivity index (χ1) is 10.8. The number of allylic oxidation sites excluding steroid dienone is 3. The Morgan fingerprint density at radius 3 is 2.86 bits per heavy atom. The Labute approximate surface area is 133 Å². The number of rotatable bonds is 3. The molecule has 0 aromatic rings. The van der Waals surface area contributed by atoms with Crippen molar-refractivity contribution in [3.05, 3.63) is 23.9 Å². The zero-order valence-electron chi connectivity index (χ0n) is 13.6. The molecule has 1 saturated carbocycles. The van der Waals surface area contributed by atoms with Crippen LogP contribution < -0.4 is 16.2 Å². The van der Waals surface area contributed by atoms with Crippen LogP contribution in [0.1, 0.15) is 58.3 Å². The molecule has 4 nitrogen and oxygen atoms in total. The van der Waals surface area contributed by atoms with E-state index in [1.54, 1.807) is 0 Å². The molecule has 2 aliphatic carbocycles. The molecule has 0 bridgehead atoms. The highest BCUT2D eigenvalue weighted by Crippen LogP contribution is 2.28. The zero-order valence-corrected chi connectivity index (χ0v) is 13.6. The van der Waals surface area contributed by atoms with E-state index in [-0.39, 0.29) is 23.9 Å². The molecule has 1 saturated heterocycles. The first-order valence-electron chi connectivity index (χ1n) is 8.94. The molecule has 22 heavy (non-hydrogen) atoms. The van der Waals surface area contributed by atoms with Gasteiger partial charge in [0.15, 0.2) is 0 Å². The maximum absolute atomic E-state index is 12.7. The fourth-order valence-electron chi connectivity index (χ4n) is 4.06. The molecule has 1 aliphatic heterocycles. The van der Waals surface area contributed by atoms with Gasteiger partial charge in [-0.25, -0.2) is 5.43 Å². The maximum Gasteiger partial charge on any atom is 0.239 e. The predicted octanol–water partition coefficient (Wildman–Crippen LogP) is 2.79. The summed E-state index contributed by atoms with van der Waals surface area (Å²) in [6.45, 7) is 2.17. The molecular weight excluding hydrogens is 274 g/mol. The van der Waals surface area contributed by atoms with Crippen molar-refractivity contribution >= 4 is 5.91 Å². The number of hydrogen-bond acceptors (Lipinski definition) is 3. The average Bonchev–Trinajstić information content (AvgIpc) is 2.90. The molecule has 3 N–H and O–H groups in total. The summed E-state index contributed by atoms with van der Waals surface area (Å²) >= 11 is 0. The standard InChI is InChI=1S/C18H29N3O/c1-13(14-9-5-4-6-10-14)19-18(22)17-15-11-7-2-3-8-12-16(15)20-21-17/h3,8,12-15,17,20-21H,2,4-7,9-11H2,1H3,(H,19,22)/t13-,15?,17?/m0/s1. The van der Waals surface area contributed by atoms with E-state index >= 15 is 0 Å². The van der Waals surface area contributed by atoms with Crippen LogP contribution in [0.3, 0.4) is 0 Å². The highest BCUT2D eigenvalue weighted by molar-refractivity contribution is 5.83.